The number of hydrogen-bond acceptors (Lipinski definition) is 2. The van der Waals surface area contributed by atoms with Crippen molar-refractivity contribution in [2.75, 3.05) is 11.9 Å². The first kappa shape index (κ1) is 16.6. The summed E-state index contributed by atoms with van der Waals surface area (Å²) in [5, 5.41) is 13.2. The van der Waals surface area contributed by atoms with Gasteiger partial charge in [0.2, 0.25) is 0 Å². The van der Waals surface area contributed by atoms with Crippen LogP contribution in [0.4, 0.5) is 23.7 Å². The van der Waals surface area contributed by atoms with Gasteiger partial charge in [0.05, 0.1) is 23.2 Å². The number of urea groups is 1. The zero-order valence-corrected chi connectivity index (χ0v) is 11.3. The smallest absolute Gasteiger partial charge is 0.394 e. The standard InChI is InChI=1S/C12H14ClF3N2O2/c1-2-7(6-19)17-11(20)18-8-3-4-10(13)9(5-8)12(14,15)16/h3-5,7,19H,2,6H2,1H3,(H2,17,18,20). The SMILES string of the molecule is CCC(CO)NC(=O)Nc1ccc(Cl)c(C(F)(F)F)c1. The summed E-state index contributed by atoms with van der Waals surface area (Å²) in [6.45, 7) is 1.50. The second-order valence-corrected chi connectivity index (χ2v) is 4.49. The van der Waals surface area contributed by atoms with Crippen LogP contribution in [0.1, 0.15) is 18.9 Å². The van der Waals surface area contributed by atoms with Crippen LogP contribution < -0.4 is 10.6 Å². The van der Waals surface area contributed by atoms with E-state index in [9.17, 15) is 18.0 Å². The predicted octanol–water partition coefficient (Wildman–Crippen LogP) is 3.25. The average Bonchev–Trinajstić information content (AvgIpc) is 2.37. The lowest BCUT2D eigenvalue weighted by Crippen LogP contribution is -2.39. The molecule has 1 unspecified atom stereocenters. The van der Waals surface area contributed by atoms with Crippen molar-refractivity contribution in [1.82, 2.24) is 5.32 Å². The second-order valence-electron chi connectivity index (χ2n) is 4.08. The molecule has 3 N–H and O–H groups in total. The molecule has 0 spiro atoms. The van der Waals surface area contributed by atoms with E-state index in [0.29, 0.717) is 6.42 Å². The minimum atomic E-state index is -4.59. The lowest BCUT2D eigenvalue weighted by atomic mass is 10.2. The first-order valence-corrected chi connectivity index (χ1v) is 6.20. The van der Waals surface area contributed by atoms with Crippen molar-refractivity contribution in [3.05, 3.63) is 28.8 Å². The molecule has 0 saturated heterocycles. The minimum Gasteiger partial charge on any atom is -0.394 e. The van der Waals surface area contributed by atoms with Gasteiger partial charge in [-0.3, -0.25) is 0 Å². The van der Waals surface area contributed by atoms with E-state index in [4.69, 9.17) is 16.7 Å². The monoisotopic (exact) mass is 310 g/mol. The highest BCUT2D eigenvalue weighted by Gasteiger charge is 2.33. The normalized spacial score (nSPS) is 12.9. The Bertz CT molecular complexity index is 476. The maximum Gasteiger partial charge on any atom is 0.417 e. The van der Waals surface area contributed by atoms with Crippen LogP contribution >= 0.6 is 11.6 Å². The Labute approximate surface area is 118 Å². The van der Waals surface area contributed by atoms with Gasteiger partial charge in [-0.05, 0) is 24.6 Å². The molecule has 1 rings (SSSR count). The summed E-state index contributed by atoms with van der Waals surface area (Å²) in [6, 6.07) is 1.92. The number of amides is 2. The Kier molecular flexibility index (Phi) is 5.64. The second kappa shape index (κ2) is 6.81. The number of anilines is 1. The van der Waals surface area contributed by atoms with Gasteiger partial charge in [-0.2, -0.15) is 13.2 Å². The molecule has 0 aromatic heterocycles. The van der Waals surface area contributed by atoms with E-state index in [1.807, 2.05) is 0 Å². The van der Waals surface area contributed by atoms with Gasteiger partial charge in [0.25, 0.3) is 0 Å². The molecule has 1 atom stereocenters. The summed E-state index contributed by atoms with van der Waals surface area (Å²) in [5.41, 5.74) is -1.06. The van der Waals surface area contributed by atoms with Gasteiger partial charge < -0.3 is 15.7 Å². The molecule has 0 saturated carbocycles. The van der Waals surface area contributed by atoms with Crippen molar-refractivity contribution in [3.8, 4) is 0 Å². The fourth-order valence-corrected chi connectivity index (χ4v) is 1.67. The summed E-state index contributed by atoms with van der Waals surface area (Å²) in [6.07, 6.45) is -4.10. The van der Waals surface area contributed by atoms with E-state index in [1.165, 1.54) is 6.07 Å². The molecule has 1 aromatic carbocycles. The highest BCUT2D eigenvalue weighted by atomic mass is 35.5. The number of rotatable bonds is 4. The largest absolute Gasteiger partial charge is 0.417 e. The number of carbonyl (C=O) groups excluding carboxylic acids is 1. The lowest BCUT2D eigenvalue weighted by Gasteiger charge is -2.16. The Morgan fingerprint density at radius 1 is 1.45 bits per heavy atom. The predicted molar refractivity (Wildman–Crippen MR) is 69.8 cm³/mol. The molecular formula is C12H14ClF3N2O2. The van der Waals surface area contributed by atoms with Gasteiger partial charge in [0, 0.05) is 5.69 Å². The highest BCUT2D eigenvalue weighted by Crippen LogP contribution is 2.36. The van der Waals surface area contributed by atoms with Crippen molar-refractivity contribution in [3.63, 3.8) is 0 Å². The number of carbonyl (C=O) groups is 1. The Morgan fingerprint density at radius 3 is 2.60 bits per heavy atom. The van der Waals surface area contributed by atoms with Crippen molar-refractivity contribution < 1.29 is 23.1 Å². The Hall–Kier alpha value is -1.47. The van der Waals surface area contributed by atoms with E-state index < -0.39 is 28.8 Å². The van der Waals surface area contributed by atoms with Crippen LogP contribution in [0.25, 0.3) is 0 Å². The van der Waals surface area contributed by atoms with Crippen molar-refractivity contribution >= 4 is 23.3 Å². The summed E-state index contributed by atoms with van der Waals surface area (Å²) in [5.74, 6) is 0. The average molecular weight is 311 g/mol. The summed E-state index contributed by atoms with van der Waals surface area (Å²) in [4.78, 5) is 11.5. The number of benzene rings is 1. The van der Waals surface area contributed by atoms with Crippen LogP contribution in [0.5, 0.6) is 0 Å². The van der Waals surface area contributed by atoms with Gasteiger partial charge in [0.1, 0.15) is 0 Å². The summed E-state index contributed by atoms with van der Waals surface area (Å²) in [7, 11) is 0. The number of aliphatic hydroxyl groups excluding tert-OH is 1. The fourth-order valence-electron chi connectivity index (χ4n) is 1.45. The van der Waals surface area contributed by atoms with Crippen molar-refractivity contribution in [2.24, 2.45) is 0 Å². The molecule has 1 aromatic rings. The Balaban J connectivity index is 2.81. The maximum atomic E-state index is 12.6. The van der Waals surface area contributed by atoms with Crippen LogP contribution in [0.15, 0.2) is 18.2 Å². The van der Waals surface area contributed by atoms with Crippen LogP contribution in [-0.4, -0.2) is 23.8 Å². The minimum absolute atomic E-state index is 0.0352. The van der Waals surface area contributed by atoms with Crippen molar-refractivity contribution in [2.45, 2.75) is 25.6 Å². The first-order chi connectivity index (χ1) is 9.27. The van der Waals surface area contributed by atoms with Crippen molar-refractivity contribution in [1.29, 1.82) is 0 Å². The molecule has 4 nitrogen and oxygen atoms in total. The third kappa shape index (κ3) is 4.57. The summed E-state index contributed by atoms with van der Waals surface area (Å²) >= 11 is 5.47. The third-order valence-electron chi connectivity index (χ3n) is 2.58. The maximum absolute atomic E-state index is 12.6. The number of aliphatic hydroxyl groups is 1. The zero-order valence-electron chi connectivity index (χ0n) is 10.6. The number of hydrogen-bond donors (Lipinski definition) is 3. The van der Waals surface area contributed by atoms with E-state index in [2.05, 4.69) is 10.6 Å². The molecule has 0 bridgehead atoms. The number of nitrogens with one attached hydrogen (secondary N) is 2. The first-order valence-electron chi connectivity index (χ1n) is 5.83. The lowest BCUT2D eigenvalue weighted by molar-refractivity contribution is -0.137. The van der Waals surface area contributed by atoms with Gasteiger partial charge in [0.15, 0.2) is 0 Å². The quantitative estimate of drug-likeness (QED) is 0.799. The molecule has 0 radical (unpaired) electrons. The molecule has 0 aliphatic heterocycles. The van der Waals surface area contributed by atoms with Gasteiger partial charge in [-0.1, -0.05) is 18.5 Å². The fraction of sp³-hybridized carbons (Fsp3) is 0.417. The molecule has 8 heteroatoms. The van der Waals surface area contributed by atoms with Gasteiger partial charge in [-0.15, -0.1) is 0 Å². The number of halogens is 4. The van der Waals surface area contributed by atoms with Crippen LogP contribution in [0, 0.1) is 0 Å². The van der Waals surface area contributed by atoms with Gasteiger partial charge >= 0.3 is 12.2 Å². The van der Waals surface area contributed by atoms with Crippen LogP contribution in [-0.2, 0) is 6.18 Å². The van der Waals surface area contributed by atoms with E-state index in [0.717, 1.165) is 12.1 Å². The zero-order chi connectivity index (χ0) is 15.3. The van der Waals surface area contributed by atoms with E-state index in [1.54, 1.807) is 6.92 Å². The molecule has 20 heavy (non-hydrogen) atoms. The highest BCUT2D eigenvalue weighted by molar-refractivity contribution is 6.31. The number of alkyl halides is 3. The molecule has 0 heterocycles. The Morgan fingerprint density at radius 2 is 2.10 bits per heavy atom. The molecule has 0 aliphatic carbocycles. The molecule has 2 amide bonds. The van der Waals surface area contributed by atoms with Crippen LogP contribution in [0.2, 0.25) is 5.02 Å². The van der Waals surface area contributed by atoms with Gasteiger partial charge in [-0.25, -0.2) is 4.79 Å². The molecule has 0 fully saturated rings. The van der Waals surface area contributed by atoms with E-state index in [-0.39, 0.29) is 12.3 Å². The molecule has 112 valence electrons. The van der Waals surface area contributed by atoms with Crippen LogP contribution in [0.3, 0.4) is 0 Å². The molecular weight excluding hydrogens is 297 g/mol. The summed E-state index contributed by atoms with van der Waals surface area (Å²) < 4.78 is 37.9. The molecule has 0 aliphatic rings. The topological polar surface area (TPSA) is 61.4 Å². The van der Waals surface area contributed by atoms with E-state index >= 15 is 0 Å². The third-order valence-corrected chi connectivity index (χ3v) is 2.91.